The van der Waals surface area contributed by atoms with E-state index in [0.29, 0.717) is 5.25 Å². The van der Waals surface area contributed by atoms with E-state index in [1.54, 1.807) is 14.2 Å². The molecule has 0 N–H and O–H groups in total. The first kappa shape index (κ1) is 22.0. The van der Waals surface area contributed by atoms with Gasteiger partial charge in [-0.1, -0.05) is 24.3 Å². The number of thioether (sulfide) groups is 2. The van der Waals surface area contributed by atoms with Crippen LogP contribution in [0, 0.1) is 0 Å². The molecule has 2 aromatic carbocycles. The summed E-state index contributed by atoms with van der Waals surface area (Å²) in [5.74, 6) is 5.13. The van der Waals surface area contributed by atoms with E-state index in [9.17, 15) is 0 Å². The van der Waals surface area contributed by atoms with Gasteiger partial charge in [0.15, 0.2) is 0 Å². The van der Waals surface area contributed by atoms with Crippen LogP contribution in [0.4, 0.5) is 0 Å². The first-order chi connectivity index (χ1) is 13.1. The number of hydrogen-bond acceptors (Lipinski definition) is 5. The molecular weight excluding hydrogens is 374 g/mol. The molecule has 148 valence electrons. The van der Waals surface area contributed by atoms with Gasteiger partial charge in [-0.05, 0) is 61.7 Å². The molecule has 27 heavy (non-hydrogen) atoms. The summed E-state index contributed by atoms with van der Waals surface area (Å²) >= 11 is 4.07. The average Bonchev–Trinajstić information content (AvgIpc) is 2.69. The van der Waals surface area contributed by atoms with Crippen molar-refractivity contribution in [1.82, 2.24) is 4.90 Å². The van der Waals surface area contributed by atoms with Crippen molar-refractivity contribution in [2.75, 3.05) is 40.6 Å². The molecule has 0 fully saturated rings. The van der Waals surface area contributed by atoms with Crippen molar-refractivity contribution in [2.45, 2.75) is 23.2 Å². The predicted octanol–water partition coefficient (Wildman–Crippen LogP) is 5.19. The van der Waals surface area contributed by atoms with Crippen LogP contribution in [0.1, 0.15) is 17.5 Å². The largest absolute Gasteiger partial charge is 0.497 e. The van der Waals surface area contributed by atoms with Gasteiger partial charge in [-0.25, -0.2) is 0 Å². The van der Waals surface area contributed by atoms with Gasteiger partial charge in [-0.15, -0.1) is 0 Å². The van der Waals surface area contributed by atoms with Gasteiger partial charge < -0.3 is 14.4 Å². The number of methoxy groups -OCH3 is 2. The maximum atomic E-state index is 5.24. The Balaban J connectivity index is 1.75. The summed E-state index contributed by atoms with van der Waals surface area (Å²) in [6.07, 6.45) is 1.22. The smallest absolute Gasteiger partial charge is 0.118 e. The van der Waals surface area contributed by atoms with Gasteiger partial charge >= 0.3 is 0 Å². The molecule has 0 heterocycles. The zero-order valence-corrected chi connectivity index (χ0v) is 18.4. The number of nitrogens with zero attached hydrogens (tertiary/aromatic N) is 1. The first-order valence-corrected chi connectivity index (χ1v) is 11.4. The minimum Gasteiger partial charge on any atom is -0.497 e. The van der Waals surface area contributed by atoms with E-state index < -0.39 is 0 Å². The van der Waals surface area contributed by atoms with E-state index in [1.165, 1.54) is 23.3 Å². The van der Waals surface area contributed by atoms with Crippen LogP contribution in [-0.4, -0.2) is 50.8 Å². The van der Waals surface area contributed by atoms with Crippen molar-refractivity contribution in [3.63, 3.8) is 0 Å². The summed E-state index contributed by atoms with van der Waals surface area (Å²) in [5.41, 5.74) is 2.71. The van der Waals surface area contributed by atoms with Gasteiger partial charge in [0.1, 0.15) is 11.5 Å². The summed E-state index contributed by atoms with van der Waals surface area (Å²) in [4.78, 5) is 2.29. The van der Waals surface area contributed by atoms with Crippen molar-refractivity contribution in [2.24, 2.45) is 0 Å². The molecule has 0 bridgehead atoms. The quantitative estimate of drug-likeness (QED) is 0.452. The van der Waals surface area contributed by atoms with Gasteiger partial charge in [-0.2, -0.15) is 23.5 Å². The predicted molar refractivity (Wildman–Crippen MR) is 120 cm³/mol. The minimum absolute atomic E-state index is 0.644. The monoisotopic (exact) mass is 405 g/mol. The minimum atomic E-state index is 0.644. The molecule has 0 amide bonds. The van der Waals surface area contributed by atoms with E-state index >= 15 is 0 Å². The zero-order valence-electron chi connectivity index (χ0n) is 16.8. The molecule has 0 spiro atoms. The second-order valence-corrected chi connectivity index (χ2v) is 9.13. The molecule has 0 aliphatic carbocycles. The van der Waals surface area contributed by atoms with Gasteiger partial charge in [0.2, 0.25) is 0 Å². The van der Waals surface area contributed by atoms with Gasteiger partial charge in [0, 0.05) is 23.3 Å². The molecule has 2 aromatic rings. The average molecular weight is 406 g/mol. The summed E-state index contributed by atoms with van der Waals surface area (Å²) in [6.45, 7) is 1.11. The highest BCUT2D eigenvalue weighted by molar-refractivity contribution is 7.99. The van der Waals surface area contributed by atoms with E-state index in [4.69, 9.17) is 9.47 Å². The van der Waals surface area contributed by atoms with Gasteiger partial charge in [0.25, 0.3) is 0 Å². The summed E-state index contributed by atoms with van der Waals surface area (Å²) < 4.78 is 10.5. The molecule has 0 aromatic heterocycles. The van der Waals surface area contributed by atoms with E-state index in [1.807, 2.05) is 36.0 Å². The summed E-state index contributed by atoms with van der Waals surface area (Å²) in [5, 5.41) is 0.644. The Kier molecular flexibility index (Phi) is 9.95. The van der Waals surface area contributed by atoms with Crippen molar-refractivity contribution in [3.05, 3.63) is 59.7 Å². The van der Waals surface area contributed by atoms with Gasteiger partial charge in [0.05, 0.1) is 14.2 Å². The topological polar surface area (TPSA) is 21.7 Å². The molecule has 0 aliphatic rings. The SMILES string of the molecule is COc1ccc(CSCCC(CN(C)C)SCc2ccc(OC)cc2)cc1. The summed E-state index contributed by atoms with van der Waals surface area (Å²) in [6, 6.07) is 16.8. The highest BCUT2D eigenvalue weighted by atomic mass is 32.2. The van der Waals surface area contributed by atoms with Crippen LogP contribution >= 0.6 is 23.5 Å². The highest BCUT2D eigenvalue weighted by Gasteiger charge is 2.11. The lowest BCUT2D eigenvalue weighted by atomic mass is 10.2. The van der Waals surface area contributed by atoms with E-state index in [-0.39, 0.29) is 0 Å². The van der Waals surface area contributed by atoms with Crippen molar-refractivity contribution < 1.29 is 9.47 Å². The maximum absolute atomic E-state index is 5.24. The fraction of sp³-hybridized carbons (Fsp3) is 0.455. The maximum Gasteiger partial charge on any atom is 0.118 e. The Labute approximate surface area is 172 Å². The highest BCUT2D eigenvalue weighted by Crippen LogP contribution is 2.25. The van der Waals surface area contributed by atoms with Crippen molar-refractivity contribution >= 4 is 23.5 Å². The van der Waals surface area contributed by atoms with Crippen LogP contribution in [0.2, 0.25) is 0 Å². The van der Waals surface area contributed by atoms with Crippen LogP contribution in [-0.2, 0) is 11.5 Å². The molecule has 2 rings (SSSR count). The fourth-order valence-corrected chi connectivity index (χ4v) is 5.18. The first-order valence-electron chi connectivity index (χ1n) is 9.20. The Hall–Kier alpha value is -1.30. The second kappa shape index (κ2) is 12.2. The molecule has 1 unspecified atom stereocenters. The van der Waals surface area contributed by atoms with Crippen molar-refractivity contribution in [3.8, 4) is 11.5 Å². The Morgan fingerprint density at radius 3 is 1.81 bits per heavy atom. The van der Waals surface area contributed by atoms with Crippen LogP contribution in [0.3, 0.4) is 0 Å². The third kappa shape index (κ3) is 8.50. The number of ether oxygens (including phenoxy) is 2. The van der Waals surface area contributed by atoms with Crippen molar-refractivity contribution in [1.29, 1.82) is 0 Å². The lowest BCUT2D eigenvalue weighted by molar-refractivity contribution is 0.404. The third-order valence-electron chi connectivity index (χ3n) is 4.23. The molecule has 0 saturated heterocycles. The molecular formula is C22H31NO2S2. The van der Waals surface area contributed by atoms with E-state index in [0.717, 1.165) is 29.5 Å². The molecule has 0 radical (unpaired) electrons. The molecule has 1 atom stereocenters. The number of rotatable bonds is 12. The lowest BCUT2D eigenvalue weighted by Crippen LogP contribution is -2.24. The van der Waals surface area contributed by atoms with Crippen LogP contribution in [0.15, 0.2) is 48.5 Å². The fourth-order valence-electron chi connectivity index (χ4n) is 2.70. The van der Waals surface area contributed by atoms with Gasteiger partial charge in [-0.3, -0.25) is 0 Å². The van der Waals surface area contributed by atoms with Crippen LogP contribution in [0.5, 0.6) is 11.5 Å². The number of hydrogen-bond donors (Lipinski definition) is 0. The lowest BCUT2D eigenvalue weighted by Gasteiger charge is -2.20. The second-order valence-electron chi connectivity index (χ2n) is 6.73. The standard InChI is InChI=1S/C22H31NO2S2/c1-23(2)15-22(27-17-19-7-11-21(25-4)12-8-19)13-14-26-16-18-5-9-20(24-3)10-6-18/h5-12,22H,13-17H2,1-4H3. The number of benzene rings is 2. The third-order valence-corrected chi connectivity index (χ3v) is 6.64. The Morgan fingerprint density at radius 1 is 0.815 bits per heavy atom. The normalized spacial score (nSPS) is 12.2. The summed E-state index contributed by atoms with van der Waals surface area (Å²) in [7, 11) is 7.73. The Bertz CT molecular complexity index is 644. The van der Waals surface area contributed by atoms with E-state index in [2.05, 4.69) is 55.0 Å². The molecule has 3 nitrogen and oxygen atoms in total. The van der Waals surface area contributed by atoms with Crippen LogP contribution < -0.4 is 9.47 Å². The zero-order chi connectivity index (χ0) is 19.5. The Morgan fingerprint density at radius 2 is 1.33 bits per heavy atom. The van der Waals surface area contributed by atoms with Crippen LogP contribution in [0.25, 0.3) is 0 Å². The molecule has 0 aliphatic heterocycles. The molecule has 5 heteroatoms. The molecule has 0 saturated carbocycles.